The van der Waals surface area contributed by atoms with Crippen molar-refractivity contribution in [3.63, 3.8) is 0 Å². The average molecular weight is 292 g/mol. The lowest BCUT2D eigenvalue weighted by Crippen LogP contribution is -2.40. The molecule has 1 fully saturated rings. The molecule has 0 aromatic heterocycles. The number of carbonyl (C=O) groups is 1. The lowest BCUT2D eigenvalue weighted by Gasteiger charge is -2.33. The zero-order valence-electron chi connectivity index (χ0n) is 12.5. The largest absolute Gasteiger partial charge is 0.493 e. The monoisotopic (exact) mass is 292 g/mol. The summed E-state index contributed by atoms with van der Waals surface area (Å²) in [5, 5.41) is 9.08. The van der Waals surface area contributed by atoms with Gasteiger partial charge in [0.1, 0.15) is 11.3 Å². The highest BCUT2D eigenvalue weighted by atomic mass is 16.5. The molecule has 1 aromatic rings. The van der Waals surface area contributed by atoms with E-state index in [-0.39, 0.29) is 12.5 Å². The Hall–Kier alpha value is -1.75. The molecule has 1 aliphatic rings. The summed E-state index contributed by atoms with van der Waals surface area (Å²) in [6.07, 6.45) is 2.77. The summed E-state index contributed by atoms with van der Waals surface area (Å²) >= 11 is 0. The first-order chi connectivity index (χ1) is 10.2. The van der Waals surface area contributed by atoms with Crippen LogP contribution >= 0.6 is 0 Å². The van der Waals surface area contributed by atoms with Crippen LogP contribution in [0.25, 0.3) is 0 Å². The van der Waals surface area contributed by atoms with Crippen molar-refractivity contribution in [2.75, 3.05) is 32.0 Å². The minimum Gasteiger partial charge on any atom is -0.493 e. The van der Waals surface area contributed by atoms with E-state index in [4.69, 9.17) is 15.6 Å². The minimum absolute atomic E-state index is 0.0702. The summed E-state index contributed by atoms with van der Waals surface area (Å²) in [6.45, 7) is 3.97. The topological polar surface area (TPSA) is 75.8 Å². The van der Waals surface area contributed by atoms with E-state index in [2.05, 4.69) is 0 Å². The number of aliphatic hydroxyl groups is 1. The first-order valence-corrected chi connectivity index (χ1v) is 7.58. The molecule has 0 spiro atoms. The fraction of sp³-hybridized carbons (Fsp3) is 0.562. The molecule has 0 radical (unpaired) electrons. The van der Waals surface area contributed by atoms with Gasteiger partial charge in [0.25, 0.3) is 5.91 Å². The summed E-state index contributed by atoms with van der Waals surface area (Å²) in [4.78, 5) is 14.6. The molecule has 21 heavy (non-hydrogen) atoms. The molecule has 0 saturated carbocycles. The number of rotatable bonds is 5. The quantitative estimate of drug-likeness (QED) is 0.813. The summed E-state index contributed by atoms with van der Waals surface area (Å²) < 4.78 is 5.54. The zero-order chi connectivity index (χ0) is 15.2. The van der Waals surface area contributed by atoms with Gasteiger partial charge in [-0.1, -0.05) is 6.07 Å². The third kappa shape index (κ3) is 3.67. The molecule has 0 bridgehead atoms. The van der Waals surface area contributed by atoms with Crippen molar-refractivity contribution in [2.45, 2.75) is 26.2 Å². The van der Waals surface area contributed by atoms with Gasteiger partial charge in [-0.15, -0.1) is 0 Å². The molecule has 1 amide bonds. The maximum atomic E-state index is 12.8. The van der Waals surface area contributed by atoms with E-state index in [0.717, 1.165) is 25.8 Å². The Labute approximate surface area is 125 Å². The number of likely N-dealkylation sites (tertiary alicyclic amines) is 1. The van der Waals surface area contributed by atoms with E-state index in [0.29, 0.717) is 36.1 Å². The van der Waals surface area contributed by atoms with Gasteiger partial charge in [-0.3, -0.25) is 4.79 Å². The molecule has 1 heterocycles. The van der Waals surface area contributed by atoms with E-state index in [1.54, 1.807) is 18.2 Å². The maximum Gasteiger partial charge on any atom is 0.259 e. The van der Waals surface area contributed by atoms with E-state index in [1.807, 2.05) is 11.8 Å². The molecule has 1 saturated heterocycles. The van der Waals surface area contributed by atoms with E-state index in [1.165, 1.54) is 0 Å². The number of hydrogen-bond donors (Lipinski definition) is 2. The Morgan fingerprint density at radius 3 is 3.05 bits per heavy atom. The van der Waals surface area contributed by atoms with Crippen LogP contribution in [0.2, 0.25) is 0 Å². The molecule has 0 aliphatic carbocycles. The second kappa shape index (κ2) is 7.31. The lowest BCUT2D eigenvalue weighted by molar-refractivity contribution is 0.0650. The number of carbonyl (C=O) groups excluding carboxylic acids is 1. The minimum atomic E-state index is -0.0702. The molecular formula is C16H24N2O3. The fourth-order valence-corrected chi connectivity index (χ4v) is 2.88. The molecule has 1 unspecified atom stereocenters. The normalized spacial score (nSPS) is 18.6. The number of anilines is 1. The van der Waals surface area contributed by atoms with Crippen LogP contribution in [0.4, 0.5) is 5.69 Å². The third-order valence-corrected chi connectivity index (χ3v) is 3.92. The molecule has 5 heteroatoms. The summed E-state index contributed by atoms with van der Waals surface area (Å²) in [6, 6.07) is 5.30. The summed E-state index contributed by atoms with van der Waals surface area (Å²) in [5.41, 5.74) is 6.90. The van der Waals surface area contributed by atoms with Crippen LogP contribution in [0.1, 0.15) is 36.5 Å². The Kier molecular flexibility index (Phi) is 5.44. The Bertz CT molecular complexity index is 488. The SMILES string of the molecule is CCOc1cccc(N)c1C(=O)N1CCCC(CCO)C1. The van der Waals surface area contributed by atoms with Gasteiger partial charge in [0.2, 0.25) is 0 Å². The number of piperidine rings is 1. The Balaban J connectivity index is 2.19. The molecule has 1 atom stereocenters. The van der Waals surface area contributed by atoms with Crippen molar-refractivity contribution < 1.29 is 14.6 Å². The van der Waals surface area contributed by atoms with Crippen molar-refractivity contribution in [1.29, 1.82) is 0 Å². The van der Waals surface area contributed by atoms with Gasteiger partial charge in [-0.25, -0.2) is 0 Å². The van der Waals surface area contributed by atoms with Gasteiger partial charge in [0, 0.05) is 25.4 Å². The predicted molar refractivity (Wildman–Crippen MR) is 82.4 cm³/mol. The fourth-order valence-electron chi connectivity index (χ4n) is 2.88. The van der Waals surface area contributed by atoms with Crippen LogP contribution in [-0.2, 0) is 0 Å². The predicted octanol–water partition coefficient (Wildman–Crippen LogP) is 1.90. The smallest absolute Gasteiger partial charge is 0.259 e. The van der Waals surface area contributed by atoms with Crippen molar-refractivity contribution in [3.05, 3.63) is 23.8 Å². The maximum absolute atomic E-state index is 12.8. The number of aliphatic hydroxyl groups excluding tert-OH is 1. The third-order valence-electron chi connectivity index (χ3n) is 3.92. The number of amides is 1. The number of nitrogens with zero attached hydrogens (tertiary/aromatic N) is 1. The van der Waals surface area contributed by atoms with Gasteiger partial charge >= 0.3 is 0 Å². The van der Waals surface area contributed by atoms with Gasteiger partial charge in [0.05, 0.1) is 6.61 Å². The number of ether oxygens (including phenoxy) is 1. The van der Waals surface area contributed by atoms with Crippen LogP contribution in [0.5, 0.6) is 5.75 Å². The first-order valence-electron chi connectivity index (χ1n) is 7.58. The van der Waals surface area contributed by atoms with Gasteiger partial charge < -0.3 is 20.5 Å². The van der Waals surface area contributed by atoms with E-state index >= 15 is 0 Å². The number of nitrogens with two attached hydrogens (primary N) is 1. The number of benzene rings is 1. The van der Waals surface area contributed by atoms with Crippen LogP contribution in [-0.4, -0.2) is 42.2 Å². The molecule has 2 rings (SSSR count). The Morgan fingerprint density at radius 1 is 1.52 bits per heavy atom. The van der Waals surface area contributed by atoms with Gasteiger partial charge in [-0.2, -0.15) is 0 Å². The van der Waals surface area contributed by atoms with Crippen LogP contribution in [0, 0.1) is 5.92 Å². The molecule has 1 aromatic carbocycles. The first kappa shape index (κ1) is 15.6. The molecule has 116 valence electrons. The lowest BCUT2D eigenvalue weighted by atomic mass is 9.94. The number of nitrogen functional groups attached to an aromatic ring is 1. The summed E-state index contributed by atoms with van der Waals surface area (Å²) in [7, 11) is 0. The van der Waals surface area contributed by atoms with Crippen LogP contribution in [0.15, 0.2) is 18.2 Å². The van der Waals surface area contributed by atoms with Gasteiger partial charge in [0.15, 0.2) is 0 Å². The highest BCUT2D eigenvalue weighted by Gasteiger charge is 2.27. The van der Waals surface area contributed by atoms with E-state index in [9.17, 15) is 4.79 Å². The van der Waals surface area contributed by atoms with Crippen LogP contribution < -0.4 is 10.5 Å². The highest BCUT2D eigenvalue weighted by molar-refractivity contribution is 6.01. The second-order valence-electron chi connectivity index (χ2n) is 5.43. The van der Waals surface area contributed by atoms with Crippen molar-refractivity contribution in [1.82, 2.24) is 4.90 Å². The zero-order valence-corrected chi connectivity index (χ0v) is 12.5. The van der Waals surface area contributed by atoms with Gasteiger partial charge in [-0.05, 0) is 44.2 Å². The Morgan fingerprint density at radius 2 is 2.33 bits per heavy atom. The molecular weight excluding hydrogens is 268 g/mol. The van der Waals surface area contributed by atoms with E-state index < -0.39 is 0 Å². The molecule has 1 aliphatic heterocycles. The second-order valence-corrected chi connectivity index (χ2v) is 5.43. The molecule has 5 nitrogen and oxygen atoms in total. The molecule has 3 N–H and O–H groups in total. The number of hydrogen-bond acceptors (Lipinski definition) is 4. The van der Waals surface area contributed by atoms with Crippen molar-refractivity contribution in [2.24, 2.45) is 5.92 Å². The van der Waals surface area contributed by atoms with Crippen molar-refractivity contribution >= 4 is 11.6 Å². The summed E-state index contributed by atoms with van der Waals surface area (Å²) in [5.74, 6) is 0.846. The van der Waals surface area contributed by atoms with Crippen molar-refractivity contribution in [3.8, 4) is 5.75 Å². The van der Waals surface area contributed by atoms with Crippen LogP contribution in [0.3, 0.4) is 0 Å². The standard InChI is InChI=1S/C16H24N2O3/c1-2-21-14-7-3-6-13(17)15(14)16(20)18-9-4-5-12(11-18)8-10-19/h3,6-7,12,19H,2,4-5,8-11,17H2,1H3. The average Bonchev–Trinajstić information content (AvgIpc) is 2.48. The highest BCUT2D eigenvalue weighted by Crippen LogP contribution is 2.28.